The number of likely N-dealkylation sites (tertiary alicyclic amines) is 1. The van der Waals surface area contributed by atoms with E-state index in [1.165, 1.54) is 23.0 Å². The van der Waals surface area contributed by atoms with Crippen LogP contribution < -0.4 is 16.4 Å². The van der Waals surface area contributed by atoms with Gasteiger partial charge in [0, 0.05) is 24.9 Å². The maximum absolute atomic E-state index is 13.3. The lowest BCUT2D eigenvalue weighted by Crippen LogP contribution is -2.57. The number of aliphatic carboxylic acids is 1. The Labute approximate surface area is 207 Å². The third-order valence-corrected chi connectivity index (χ3v) is 6.92. The Hall–Kier alpha value is -2.25. The smallest absolute Gasteiger partial charge is 0.326 e. The number of imidazole rings is 1. The molecule has 1 fully saturated rings. The molecule has 6 N–H and O–H groups in total. The minimum absolute atomic E-state index is 0.115. The lowest BCUT2D eigenvalue weighted by atomic mass is 10.1. The summed E-state index contributed by atoms with van der Waals surface area (Å²) in [7, 11) is 0. The molecule has 1 aliphatic heterocycles. The van der Waals surface area contributed by atoms with Gasteiger partial charge in [0.1, 0.15) is 18.1 Å². The van der Waals surface area contributed by atoms with Gasteiger partial charge in [-0.2, -0.15) is 23.5 Å². The number of hydrogen-bond donors (Lipinski definition) is 5. The van der Waals surface area contributed by atoms with Crippen LogP contribution in [0.4, 0.5) is 0 Å². The van der Waals surface area contributed by atoms with Crippen molar-refractivity contribution in [3.63, 3.8) is 0 Å². The number of amides is 3. The predicted octanol–water partition coefficient (Wildman–Crippen LogP) is -0.169. The topological polar surface area (TPSA) is 171 Å². The summed E-state index contributed by atoms with van der Waals surface area (Å²) in [6.07, 6.45) is 8.73. The summed E-state index contributed by atoms with van der Waals surface area (Å²) in [5.74, 6) is -1.13. The zero-order chi connectivity index (χ0) is 25.1. The summed E-state index contributed by atoms with van der Waals surface area (Å²) in [5, 5.41) is 15.0. The predicted molar refractivity (Wildman–Crippen MR) is 132 cm³/mol. The third-order valence-electron chi connectivity index (χ3n) is 5.63. The highest BCUT2D eigenvalue weighted by Gasteiger charge is 2.38. The Kier molecular flexibility index (Phi) is 11.7. The van der Waals surface area contributed by atoms with E-state index in [0.717, 1.165) is 5.75 Å². The molecule has 11 nitrogen and oxygen atoms in total. The van der Waals surface area contributed by atoms with Crippen molar-refractivity contribution < 1.29 is 24.3 Å². The van der Waals surface area contributed by atoms with Crippen LogP contribution in [0.1, 0.15) is 31.4 Å². The van der Waals surface area contributed by atoms with Crippen LogP contribution in [0.2, 0.25) is 0 Å². The number of thioether (sulfide) groups is 2. The summed E-state index contributed by atoms with van der Waals surface area (Å²) in [6, 6.07) is -3.53. The monoisotopic (exact) mass is 514 g/mol. The number of carboxylic acids is 1. The molecule has 0 spiro atoms. The molecule has 0 bridgehead atoms. The molecule has 0 radical (unpaired) electrons. The van der Waals surface area contributed by atoms with Crippen molar-refractivity contribution in [3.8, 4) is 0 Å². The molecule has 0 aliphatic carbocycles. The molecule has 0 aromatic carbocycles. The molecule has 1 saturated heterocycles. The molecule has 1 aromatic heterocycles. The van der Waals surface area contributed by atoms with Gasteiger partial charge >= 0.3 is 5.97 Å². The number of aromatic nitrogens is 2. The van der Waals surface area contributed by atoms with Crippen molar-refractivity contribution in [3.05, 3.63) is 18.2 Å². The molecule has 2 rings (SSSR count). The molecule has 2 heterocycles. The Balaban J connectivity index is 2.16. The van der Waals surface area contributed by atoms with Crippen LogP contribution in [0.25, 0.3) is 0 Å². The Bertz CT molecular complexity index is 825. The van der Waals surface area contributed by atoms with Gasteiger partial charge in [0.2, 0.25) is 17.7 Å². The number of carbonyl (C=O) groups is 4. The molecule has 1 aromatic rings. The number of aromatic amines is 1. The number of carbonyl (C=O) groups excluding carboxylic acids is 3. The number of carboxylic acid groups (broad SMARTS) is 1. The highest BCUT2D eigenvalue weighted by atomic mass is 32.2. The second-order valence-electron chi connectivity index (χ2n) is 8.10. The van der Waals surface area contributed by atoms with Crippen LogP contribution in [0.3, 0.4) is 0 Å². The minimum atomic E-state index is -1.07. The first-order valence-corrected chi connectivity index (χ1v) is 13.9. The second-order valence-corrected chi connectivity index (χ2v) is 10.1. The number of hydrogen-bond acceptors (Lipinski definition) is 8. The van der Waals surface area contributed by atoms with Gasteiger partial charge in [-0.05, 0) is 49.7 Å². The van der Waals surface area contributed by atoms with Crippen molar-refractivity contribution >= 4 is 47.2 Å². The lowest BCUT2D eigenvalue weighted by Gasteiger charge is -2.28. The molecule has 4 unspecified atom stereocenters. The van der Waals surface area contributed by atoms with Gasteiger partial charge in [-0.1, -0.05) is 0 Å². The van der Waals surface area contributed by atoms with Crippen molar-refractivity contribution in [2.75, 3.05) is 30.6 Å². The Morgan fingerprint density at radius 1 is 1.18 bits per heavy atom. The van der Waals surface area contributed by atoms with E-state index < -0.39 is 47.9 Å². The summed E-state index contributed by atoms with van der Waals surface area (Å²) >= 11 is 3.11. The molecular formula is C21H34N6O5S2. The Morgan fingerprint density at radius 3 is 2.47 bits per heavy atom. The molecule has 34 heavy (non-hydrogen) atoms. The highest BCUT2D eigenvalue weighted by molar-refractivity contribution is 7.98. The van der Waals surface area contributed by atoms with Crippen LogP contribution in [-0.4, -0.2) is 98.4 Å². The fraction of sp³-hybridized carbons (Fsp3) is 0.667. The number of nitrogens with one attached hydrogen (secondary N) is 3. The fourth-order valence-electron chi connectivity index (χ4n) is 3.74. The van der Waals surface area contributed by atoms with E-state index in [-0.39, 0.29) is 6.42 Å². The van der Waals surface area contributed by atoms with Gasteiger partial charge < -0.3 is 31.4 Å². The second kappa shape index (κ2) is 14.2. The Morgan fingerprint density at radius 2 is 1.85 bits per heavy atom. The van der Waals surface area contributed by atoms with Gasteiger partial charge in [0.25, 0.3) is 0 Å². The summed E-state index contributed by atoms with van der Waals surface area (Å²) in [6.45, 7) is 0.308. The van der Waals surface area contributed by atoms with E-state index in [0.29, 0.717) is 43.7 Å². The zero-order valence-electron chi connectivity index (χ0n) is 19.5. The van der Waals surface area contributed by atoms with E-state index in [9.17, 15) is 24.3 Å². The number of nitrogens with zero attached hydrogens (tertiary/aromatic N) is 2. The first kappa shape index (κ1) is 28.0. The highest BCUT2D eigenvalue weighted by Crippen LogP contribution is 2.19. The first-order chi connectivity index (χ1) is 16.3. The van der Waals surface area contributed by atoms with Gasteiger partial charge in [0.15, 0.2) is 0 Å². The normalized spacial score (nSPS) is 18.2. The number of rotatable bonds is 14. The van der Waals surface area contributed by atoms with E-state index >= 15 is 0 Å². The summed E-state index contributed by atoms with van der Waals surface area (Å²) < 4.78 is 0. The standard InChI is InChI=1S/C21H34N6O5S2/c1-33-8-5-14(22)18(28)25-15(6-9-34-2)19(29)26-16(10-13-11-23-12-24-13)20(30)27-7-3-4-17(27)21(31)32/h11-12,14-17H,3-10,22H2,1-2H3,(H,23,24)(H,25,28)(H,26,29)(H,31,32). The molecule has 1 aliphatic rings. The summed E-state index contributed by atoms with van der Waals surface area (Å²) in [4.78, 5) is 58.8. The van der Waals surface area contributed by atoms with Crippen molar-refractivity contribution in [2.45, 2.75) is 56.3 Å². The average molecular weight is 515 g/mol. The van der Waals surface area contributed by atoms with E-state index in [4.69, 9.17) is 5.73 Å². The van der Waals surface area contributed by atoms with E-state index in [1.807, 2.05) is 12.5 Å². The van der Waals surface area contributed by atoms with Crippen LogP contribution in [0.15, 0.2) is 12.5 Å². The molecule has 13 heteroatoms. The lowest BCUT2D eigenvalue weighted by molar-refractivity contribution is -0.149. The van der Waals surface area contributed by atoms with Gasteiger partial charge in [-0.15, -0.1) is 0 Å². The molecular weight excluding hydrogens is 480 g/mol. The van der Waals surface area contributed by atoms with Crippen molar-refractivity contribution in [1.82, 2.24) is 25.5 Å². The zero-order valence-corrected chi connectivity index (χ0v) is 21.1. The van der Waals surface area contributed by atoms with Crippen LogP contribution in [0, 0.1) is 0 Å². The van der Waals surface area contributed by atoms with Crippen LogP contribution >= 0.6 is 23.5 Å². The average Bonchev–Trinajstić information content (AvgIpc) is 3.51. The van der Waals surface area contributed by atoms with Gasteiger partial charge in [-0.3, -0.25) is 14.4 Å². The SMILES string of the molecule is CSCCC(N)C(=O)NC(CCSC)C(=O)NC(Cc1cnc[nH]1)C(=O)N1CCCC1C(=O)O. The fourth-order valence-corrected chi connectivity index (χ4v) is 4.70. The number of H-pyrrole nitrogens is 1. The maximum atomic E-state index is 13.3. The molecule has 4 atom stereocenters. The maximum Gasteiger partial charge on any atom is 0.326 e. The van der Waals surface area contributed by atoms with E-state index in [2.05, 4.69) is 20.6 Å². The minimum Gasteiger partial charge on any atom is -0.480 e. The molecule has 3 amide bonds. The largest absolute Gasteiger partial charge is 0.480 e. The van der Waals surface area contributed by atoms with Crippen LogP contribution in [-0.2, 0) is 25.6 Å². The van der Waals surface area contributed by atoms with Crippen LogP contribution in [0.5, 0.6) is 0 Å². The van der Waals surface area contributed by atoms with E-state index in [1.54, 1.807) is 18.0 Å². The first-order valence-electron chi connectivity index (χ1n) is 11.1. The van der Waals surface area contributed by atoms with Crippen molar-refractivity contribution in [1.29, 1.82) is 0 Å². The third kappa shape index (κ3) is 8.20. The van der Waals surface area contributed by atoms with Gasteiger partial charge in [-0.25, -0.2) is 9.78 Å². The molecule has 0 saturated carbocycles. The van der Waals surface area contributed by atoms with Crippen molar-refractivity contribution in [2.24, 2.45) is 5.73 Å². The quantitative estimate of drug-likeness (QED) is 0.226. The number of nitrogens with two attached hydrogens (primary N) is 1. The summed E-state index contributed by atoms with van der Waals surface area (Å²) in [5.41, 5.74) is 6.58. The van der Waals surface area contributed by atoms with Gasteiger partial charge in [0.05, 0.1) is 12.4 Å². The molecule has 190 valence electrons.